The maximum atomic E-state index is 13.0. The molecule has 3 rings (SSSR count). The smallest absolute Gasteiger partial charge is 0.417 e. The molecule has 1 aromatic carbocycles. The number of carbonyl (C=O) groups is 1. The molecule has 0 fully saturated rings. The predicted octanol–water partition coefficient (Wildman–Crippen LogP) is 3.11. The predicted molar refractivity (Wildman–Crippen MR) is 70.4 cm³/mol. The van der Waals surface area contributed by atoms with Gasteiger partial charge in [0.25, 0.3) is 0 Å². The molecule has 2 aromatic heterocycles. The Balaban J connectivity index is 2.25. The minimum Gasteiger partial charge on any atom is -0.477 e. The van der Waals surface area contributed by atoms with Gasteiger partial charge in [0.05, 0.1) is 5.56 Å². The van der Waals surface area contributed by atoms with Gasteiger partial charge >= 0.3 is 12.1 Å². The first-order valence-electron chi connectivity index (χ1n) is 6.13. The van der Waals surface area contributed by atoms with Crippen molar-refractivity contribution in [3.05, 3.63) is 53.7 Å². The molecule has 22 heavy (non-hydrogen) atoms. The summed E-state index contributed by atoms with van der Waals surface area (Å²) in [5, 5.41) is 13.0. The molecule has 0 aliphatic rings. The van der Waals surface area contributed by atoms with Gasteiger partial charge in [-0.25, -0.2) is 14.3 Å². The fraction of sp³-hybridized carbons (Fsp3) is 0.0714. The van der Waals surface area contributed by atoms with E-state index in [9.17, 15) is 18.0 Å². The molecule has 0 amide bonds. The van der Waals surface area contributed by atoms with Gasteiger partial charge in [0.1, 0.15) is 0 Å². The van der Waals surface area contributed by atoms with Crippen LogP contribution in [0, 0.1) is 0 Å². The van der Waals surface area contributed by atoms with Crippen LogP contribution in [0.5, 0.6) is 0 Å². The maximum absolute atomic E-state index is 13.0. The highest BCUT2D eigenvalue weighted by atomic mass is 19.4. The fourth-order valence-corrected chi connectivity index (χ4v) is 2.11. The quantitative estimate of drug-likeness (QED) is 0.790. The lowest BCUT2D eigenvalue weighted by atomic mass is 10.1. The van der Waals surface area contributed by atoms with Crippen LogP contribution in [-0.4, -0.2) is 25.7 Å². The number of rotatable bonds is 2. The normalized spacial score (nSPS) is 11.8. The lowest BCUT2D eigenvalue weighted by Gasteiger charge is -2.09. The average molecular weight is 307 g/mol. The van der Waals surface area contributed by atoms with Crippen LogP contribution in [0.4, 0.5) is 13.2 Å². The van der Waals surface area contributed by atoms with Crippen molar-refractivity contribution in [2.45, 2.75) is 6.18 Å². The van der Waals surface area contributed by atoms with Crippen LogP contribution < -0.4 is 0 Å². The number of alkyl halides is 3. The van der Waals surface area contributed by atoms with Gasteiger partial charge in [-0.15, -0.1) is 5.10 Å². The van der Waals surface area contributed by atoms with Gasteiger partial charge in [0.2, 0.25) is 0 Å². The number of carboxylic acid groups (broad SMARTS) is 1. The van der Waals surface area contributed by atoms with Crippen molar-refractivity contribution in [1.82, 2.24) is 14.6 Å². The molecule has 2 heterocycles. The third-order valence-electron chi connectivity index (χ3n) is 3.05. The average Bonchev–Trinajstić information content (AvgIpc) is 2.89. The molecule has 0 bridgehead atoms. The maximum Gasteiger partial charge on any atom is 0.417 e. The number of pyridine rings is 1. The van der Waals surface area contributed by atoms with Gasteiger partial charge in [-0.1, -0.05) is 24.3 Å². The van der Waals surface area contributed by atoms with Gasteiger partial charge in [-0.05, 0) is 18.2 Å². The Labute approximate surface area is 121 Å². The zero-order valence-electron chi connectivity index (χ0n) is 10.9. The zero-order valence-corrected chi connectivity index (χ0v) is 10.9. The Hall–Kier alpha value is -2.90. The molecule has 5 nitrogen and oxygen atoms in total. The van der Waals surface area contributed by atoms with Crippen LogP contribution in [0.2, 0.25) is 0 Å². The standard InChI is InChI=1S/C14H8F3N3O2/c15-14(16,17)9-5-2-1-4-8(9)12-18-11-7-3-6-10(13(21)22)20(11)19-12/h1-7H,(H,21,22). The highest BCUT2D eigenvalue weighted by Gasteiger charge is 2.34. The number of carboxylic acids is 1. The van der Waals surface area contributed by atoms with E-state index in [1.54, 1.807) is 0 Å². The SMILES string of the molecule is O=C(O)c1cccc2nc(-c3ccccc3C(F)(F)F)nn12. The minimum atomic E-state index is -4.55. The largest absolute Gasteiger partial charge is 0.477 e. The van der Waals surface area contributed by atoms with E-state index in [1.165, 1.54) is 36.4 Å². The molecule has 0 radical (unpaired) electrons. The number of benzene rings is 1. The fourth-order valence-electron chi connectivity index (χ4n) is 2.11. The van der Waals surface area contributed by atoms with Crippen molar-refractivity contribution in [3.63, 3.8) is 0 Å². The first kappa shape index (κ1) is 14.1. The Morgan fingerprint density at radius 2 is 1.82 bits per heavy atom. The Kier molecular flexibility index (Phi) is 3.09. The number of hydrogen-bond donors (Lipinski definition) is 1. The van der Waals surface area contributed by atoms with Crippen LogP contribution in [0.3, 0.4) is 0 Å². The molecule has 3 aromatic rings. The van der Waals surface area contributed by atoms with Crippen LogP contribution in [-0.2, 0) is 6.18 Å². The Morgan fingerprint density at radius 1 is 1.09 bits per heavy atom. The van der Waals surface area contributed by atoms with E-state index in [1.807, 2.05) is 0 Å². The number of aromatic nitrogens is 3. The van der Waals surface area contributed by atoms with Crippen molar-refractivity contribution in [3.8, 4) is 11.4 Å². The second-order valence-corrected chi connectivity index (χ2v) is 4.46. The van der Waals surface area contributed by atoms with E-state index in [0.717, 1.165) is 10.6 Å². The molecule has 8 heteroatoms. The summed E-state index contributed by atoms with van der Waals surface area (Å²) in [6, 6.07) is 9.10. The third kappa shape index (κ3) is 2.28. The van der Waals surface area contributed by atoms with E-state index in [2.05, 4.69) is 10.1 Å². The second-order valence-electron chi connectivity index (χ2n) is 4.46. The summed E-state index contributed by atoms with van der Waals surface area (Å²) in [4.78, 5) is 15.1. The van der Waals surface area contributed by atoms with Gasteiger partial charge < -0.3 is 5.11 Å². The molecule has 0 spiro atoms. The molecule has 0 unspecified atom stereocenters. The number of nitrogens with zero attached hydrogens (tertiary/aromatic N) is 3. The van der Waals surface area contributed by atoms with E-state index in [0.29, 0.717) is 0 Å². The number of halogens is 3. The molecule has 112 valence electrons. The lowest BCUT2D eigenvalue weighted by Crippen LogP contribution is -2.08. The summed E-state index contributed by atoms with van der Waals surface area (Å²) in [6.45, 7) is 0. The molecule has 0 saturated carbocycles. The van der Waals surface area contributed by atoms with Crippen molar-refractivity contribution < 1.29 is 23.1 Å². The third-order valence-corrected chi connectivity index (χ3v) is 3.05. The molecular weight excluding hydrogens is 299 g/mol. The van der Waals surface area contributed by atoms with E-state index >= 15 is 0 Å². The number of aromatic carboxylic acids is 1. The number of fused-ring (bicyclic) bond motifs is 1. The Bertz CT molecular complexity index is 871. The molecular formula is C14H8F3N3O2. The monoisotopic (exact) mass is 307 g/mol. The van der Waals surface area contributed by atoms with E-state index in [4.69, 9.17) is 5.11 Å². The van der Waals surface area contributed by atoms with Gasteiger partial charge in [-0.2, -0.15) is 13.2 Å². The Morgan fingerprint density at radius 3 is 2.50 bits per heavy atom. The summed E-state index contributed by atoms with van der Waals surface area (Å²) in [5.74, 6) is -1.42. The van der Waals surface area contributed by atoms with E-state index < -0.39 is 17.7 Å². The summed E-state index contributed by atoms with van der Waals surface area (Å²) >= 11 is 0. The van der Waals surface area contributed by atoms with Gasteiger partial charge in [0, 0.05) is 5.56 Å². The van der Waals surface area contributed by atoms with Crippen molar-refractivity contribution in [2.24, 2.45) is 0 Å². The summed E-state index contributed by atoms with van der Waals surface area (Å²) in [6.07, 6.45) is -4.55. The molecule has 0 atom stereocenters. The zero-order chi connectivity index (χ0) is 15.9. The second kappa shape index (κ2) is 4.83. The van der Waals surface area contributed by atoms with Crippen molar-refractivity contribution in [1.29, 1.82) is 0 Å². The molecule has 0 saturated heterocycles. The van der Waals surface area contributed by atoms with Gasteiger partial charge in [0.15, 0.2) is 17.2 Å². The summed E-state index contributed by atoms with van der Waals surface area (Å²) in [7, 11) is 0. The minimum absolute atomic E-state index is 0.159. The number of hydrogen-bond acceptors (Lipinski definition) is 3. The highest BCUT2D eigenvalue weighted by molar-refractivity contribution is 5.86. The van der Waals surface area contributed by atoms with Crippen LogP contribution >= 0.6 is 0 Å². The molecule has 0 aliphatic carbocycles. The summed E-state index contributed by atoms with van der Waals surface area (Å²) < 4.78 is 40.1. The summed E-state index contributed by atoms with van der Waals surface area (Å²) in [5.41, 5.74) is -1.09. The molecule has 0 aliphatic heterocycles. The first-order chi connectivity index (χ1) is 10.4. The van der Waals surface area contributed by atoms with Crippen molar-refractivity contribution >= 4 is 11.6 Å². The highest BCUT2D eigenvalue weighted by Crippen LogP contribution is 2.35. The van der Waals surface area contributed by atoms with E-state index in [-0.39, 0.29) is 22.7 Å². The van der Waals surface area contributed by atoms with Crippen LogP contribution in [0.1, 0.15) is 16.1 Å². The van der Waals surface area contributed by atoms with Crippen LogP contribution in [0.25, 0.3) is 17.0 Å². The van der Waals surface area contributed by atoms with Crippen molar-refractivity contribution in [2.75, 3.05) is 0 Å². The topological polar surface area (TPSA) is 67.5 Å². The van der Waals surface area contributed by atoms with Gasteiger partial charge in [-0.3, -0.25) is 0 Å². The lowest BCUT2D eigenvalue weighted by molar-refractivity contribution is -0.137. The first-order valence-corrected chi connectivity index (χ1v) is 6.13. The van der Waals surface area contributed by atoms with Crippen LogP contribution in [0.15, 0.2) is 42.5 Å². The molecule has 1 N–H and O–H groups in total.